The summed E-state index contributed by atoms with van der Waals surface area (Å²) in [4.78, 5) is 0. The average molecular weight is 269 g/mol. The van der Waals surface area contributed by atoms with Crippen molar-refractivity contribution in [3.05, 3.63) is 24.5 Å². The molecule has 0 N–H and O–H groups in total. The SMILES string of the molecule is C#CCCOP(=O)(OCCC#N)OC(=C)C(=C)C. The molecule has 0 saturated heterocycles. The highest BCUT2D eigenvalue weighted by molar-refractivity contribution is 7.48. The summed E-state index contributed by atoms with van der Waals surface area (Å²) in [7, 11) is -3.80. The Balaban J connectivity index is 4.54. The number of rotatable bonds is 9. The van der Waals surface area contributed by atoms with Gasteiger partial charge in [0.15, 0.2) is 0 Å². The van der Waals surface area contributed by atoms with Gasteiger partial charge in [-0.25, -0.2) is 4.57 Å². The largest absolute Gasteiger partial charge is 0.530 e. The first-order chi connectivity index (χ1) is 8.45. The third-order valence-electron chi connectivity index (χ3n) is 1.66. The first kappa shape index (κ1) is 16.5. The number of nitriles is 1. The van der Waals surface area contributed by atoms with E-state index < -0.39 is 7.82 Å². The molecule has 0 rings (SSSR count). The number of allylic oxidation sites excluding steroid dienone is 1. The molecule has 0 aliphatic heterocycles. The number of nitrogens with zero attached hydrogens (tertiary/aromatic N) is 1. The van der Waals surface area contributed by atoms with Crippen molar-refractivity contribution >= 4 is 7.82 Å². The molecule has 0 aromatic carbocycles. The van der Waals surface area contributed by atoms with E-state index in [4.69, 9.17) is 25.3 Å². The maximum absolute atomic E-state index is 12.1. The van der Waals surface area contributed by atoms with Gasteiger partial charge in [0.2, 0.25) is 0 Å². The number of phosphoric ester groups is 1. The Labute approximate surface area is 108 Å². The summed E-state index contributed by atoms with van der Waals surface area (Å²) in [6.07, 6.45) is 5.40. The Morgan fingerprint density at radius 2 is 1.89 bits per heavy atom. The lowest BCUT2D eigenvalue weighted by molar-refractivity contribution is 0.141. The van der Waals surface area contributed by atoms with Gasteiger partial charge in [-0.05, 0) is 12.5 Å². The van der Waals surface area contributed by atoms with Gasteiger partial charge in [0.05, 0.1) is 25.7 Å². The van der Waals surface area contributed by atoms with Gasteiger partial charge in [-0.15, -0.1) is 12.3 Å². The van der Waals surface area contributed by atoms with Crippen LogP contribution in [0.15, 0.2) is 24.5 Å². The molecule has 5 nitrogen and oxygen atoms in total. The molecule has 98 valence electrons. The van der Waals surface area contributed by atoms with E-state index in [0.717, 1.165) is 0 Å². The number of phosphoric acid groups is 1. The minimum absolute atomic E-state index is 0.0315. The molecule has 0 bridgehead atoms. The molecule has 0 aromatic rings. The van der Waals surface area contributed by atoms with Crippen LogP contribution in [0.4, 0.5) is 0 Å². The molecule has 18 heavy (non-hydrogen) atoms. The highest BCUT2D eigenvalue weighted by atomic mass is 31.2. The van der Waals surface area contributed by atoms with Gasteiger partial charge in [0.1, 0.15) is 5.76 Å². The summed E-state index contributed by atoms with van der Waals surface area (Å²) in [6.45, 7) is 8.74. The highest BCUT2D eigenvalue weighted by Gasteiger charge is 2.28. The summed E-state index contributed by atoms with van der Waals surface area (Å²) >= 11 is 0. The van der Waals surface area contributed by atoms with Crippen LogP contribution in [0.25, 0.3) is 0 Å². The fourth-order valence-electron chi connectivity index (χ4n) is 0.722. The van der Waals surface area contributed by atoms with Gasteiger partial charge in [0, 0.05) is 6.42 Å². The zero-order chi connectivity index (χ0) is 14.0. The van der Waals surface area contributed by atoms with Crippen LogP contribution < -0.4 is 0 Å². The molecule has 0 saturated carbocycles. The van der Waals surface area contributed by atoms with Gasteiger partial charge in [-0.2, -0.15) is 5.26 Å². The van der Waals surface area contributed by atoms with Gasteiger partial charge >= 0.3 is 7.82 Å². The molecule has 0 aliphatic rings. The van der Waals surface area contributed by atoms with E-state index in [0.29, 0.717) is 5.57 Å². The van der Waals surface area contributed by atoms with Crippen molar-refractivity contribution in [1.82, 2.24) is 0 Å². The van der Waals surface area contributed by atoms with E-state index in [2.05, 4.69) is 19.1 Å². The fraction of sp³-hybridized carbons (Fsp3) is 0.417. The van der Waals surface area contributed by atoms with Crippen molar-refractivity contribution in [3.63, 3.8) is 0 Å². The number of hydrogen-bond donors (Lipinski definition) is 0. The van der Waals surface area contributed by atoms with Crippen LogP contribution in [0.2, 0.25) is 0 Å². The van der Waals surface area contributed by atoms with E-state index in [-0.39, 0.29) is 31.8 Å². The highest BCUT2D eigenvalue weighted by Crippen LogP contribution is 2.52. The van der Waals surface area contributed by atoms with Crippen LogP contribution in [0.5, 0.6) is 0 Å². The first-order valence-electron chi connectivity index (χ1n) is 5.19. The molecule has 0 aromatic heterocycles. The maximum atomic E-state index is 12.1. The Bertz CT molecular complexity index is 406. The predicted octanol–water partition coefficient (Wildman–Crippen LogP) is 3.17. The molecule has 0 radical (unpaired) electrons. The van der Waals surface area contributed by atoms with E-state index >= 15 is 0 Å². The van der Waals surface area contributed by atoms with Crippen molar-refractivity contribution in [3.8, 4) is 18.4 Å². The molecule has 0 fully saturated rings. The average Bonchev–Trinajstić information content (AvgIpc) is 2.29. The standard InChI is InChI=1S/C12H16NO4P/c1-5-6-9-15-18(14,16-10-7-8-13)17-12(4)11(2)3/h1H,2,4,6-7,9-10H2,3H3. The van der Waals surface area contributed by atoms with Crippen LogP contribution in [-0.2, 0) is 18.1 Å². The van der Waals surface area contributed by atoms with Crippen LogP contribution in [0.1, 0.15) is 19.8 Å². The zero-order valence-corrected chi connectivity index (χ0v) is 11.2. The summed E-state index contributed by atoms with van der Waals surface area (Å²) in [5.41, 5.74) is 0.500. The third kappa shape index (κ3) is 6.93. The van der Waals surface area contributed by atoms with Crippen molar-refractivity contribution in [2.75, 3.05) is 13.2 Å². The molecule has 0 spiro atoms. The zero-order valence-electron chi connectivity index (χ0n) is 10.3. The molecule has 6 heteroatoms. The van der Waals surface area contributed by atoms with Gasteiger partial charge in [-0.1, -0.05) is 13.2 Å². The van der Waals surface area contributed by atoms with Gasteiger partial charge in [-0.3, -0.25) is 9.05 Å². The molecule has 0 amide bonds. The number of terminal acetylenes is 1. The maximum Gasteiger partial charge on any atom is 0.530 e. The van der Waals surface area contributed by atoms with Crippen LogP contribution in [0, 0.1) is 23.7 Å². The lowest BCUT2D eigenvalue weighted by Crippen LogP contribution is -2.02. The monoisotopic (exact) mass is 269 g/mol. The fourth-order valence-corrected chi connectivity index (χ4v) is 1.96. The minimum Gasteiger partial charge on any atom is -0.404 e. The Hall–Kier alpha value is -1.52. The predicted molar refractivity (Wildman–Crippen MR) is 68.2 cm³/mol. The van der Waals surface area contributed by atoms with Crippen molar-refractivity contribution in [2.24, 2.45) is 0 Å². The van der Waals surface area contributed by atoms with Crippen LogP contribution in [0.3, 0.4) is 0 Å². The molecular weight excluding hydrogens is 253 g/mol. The van der Waals surface area contributed by atoms with Crippen molar-refractivity contribution in [2.45, 2.75) is 19.8 Å². The summed E-state index contributed by atoms with van der Waals surface area (Å²) in [5, 5.41) is 8.39. The Kier molecular flexibility index (Phi) is 7.83. The summed E-state index contributed by atoms with van der Waals surface area (Å²) in [6, 6.07) is 1.85. The first-order valence-corrected chi connectivity index (χ1v) is 6.65. The van der Waals surface area contributed by atoms with Crippen molar-refractivity contribution in [1.29, 1.82) is 5.26 Å². The normalized spacial score (nSPS) is 12.8. The third-order valence-corrected chi connectivity index (χ3v) is 3.10. The van der Waals surface area contributed by atoms with E-state index in [1.807, 2.05) is 6.07 Å². The topological polar surface area (TPSA) is 68.5 Å². The molecular formula is C12H16NO4P. The van der Waals surface area contributed by atoms with Crippen LogP contribution in [-0.4, -0.2) is 13.2 Å². The smallest absolute Gasteiger partial charge is 0.404 e. The minimum atomic E-state index is -3.80. The summed E-state index contributed by atoms with van der Waals surface area (Å²) in [5.74, 6) is 2.44. The quantitative estimate of drug-likeness (QED) is 0.211. The van der Waals surface area contributed by atoms with Crippen molar-refractivity contribution < 1.29 is 18.1 Å². The lowest BCUT2D eigenvalue weighted by Gasteiger charge is -2.18. The van der Waals surface area contributed by atoms with Gasteiger partial charge < -0.3 is 4.52 Å². The Morgan fingerprint density at radius 3 is 2.33 bits per heavy atom. The molecule has 1 atom stereocenters. The lowest BCUT2D eigenvalue weighted by atomic mass is 10.3. The van der Waals surface area contributed by atoms with E-state index in [1.54, 1.807) is 6.92 Å². The second-order valence-electron chi connectivity index (χ2n) is 3.27. The molecule has 0 aliphatic carbocycles. The molecule has 0 heterocycles. The number of hydrogen-bond acceptors (Lipinski definition) is 5. The van der Waals surface area contributed by atoms with E-state index in [9.17, 15) is 4.57 Å². The Morgan fingerprint density at radius 1 is 1.33 bits per heavy atom. The van der Waals surface area contributed by atoms with E-state index in [1.165, 1.54) is 0 Å². The second-order valence-corrected chi connectivity index (χ2v) is 4.86. The second kappa shape index (κ2) is 8.55. The summed E-state index contributed by atoms with van der Waals surface area (Å²) < 4.78 is 27.1. The molecule has 1 unspecified atom stereocenters. The van der Waals surface area contributed by atoms with Crippen LogP contribution >= 0.6 is 7.82 Å². The van der Waals surface area contributed by atoms with Gasteiger partial charge in [0.25, 0.3) is 0 Å².